The van der Waals surface area contributed by atoms with Crippen molar-refractivity contribution >= 4 is 50.4 Å². The minimum Gasteiger partial charge on any atom is -0.454 e. The molecule has 0 saturated heterocycles. The van der Waals surface area contributed by atoms with Crippen LogP contribution in [-0.2, 0) is 16.2 Å². The van der Waals surface area contributed by atoms with Crippen LogP contribution >= 0.6 is 0 Å². The van der Waals surface area contributed by atoms with Crippen LogP contribution in [0.15, 0.2) is 156 Å². The maximum atomic E-state index is 7.40. The predicted molar refractivity (Wildman–Crippen MR) is 266 cm³/mol. The summed E-state index contributed by atoms with van der Waals surface area (Å²) in [5, 5.41) is 2.37. The summed E-state index contributed by atoms with van der Waals surface area (Å²) in [6.07, 6.45) is 8.35. The molecule has 3 aliphatic carbocycles. The van der Waals surface area contributed by atoms with Gasteiger partial charge >= 0.3 is 0 Å². The molecule has 0 N–H and O–H groups in total. The van der Waals surface area contributed by atoms with Crippen LogP contribution in [0.25, 0.3) is 33.1 Å². The number of furan rings is 1. The zero-order valence-electron chi connectivity index (χ0n) is 38.1. The fourth-order valence-electron chi connectivity index (χ4n) is 14.5. The van der Waals surface area contributed by atoms with Crippen LogP contribution in [0, 0.1) is 0 Å². The summed E-state index contributed by atoms with van der Waals surface area (Å²) < 4.78 is 7.40. The summed E-state index contributed by atoms with van der Waals surface area (Å²) in [5.41, 5.74) is 18.1. The molecule has 13 rings (SSSR count). The summed E-state index contributed by atoms with van der Waals surface area (Å²) in [5.74, 6) is 0. The zero-order chi connectivity index (χ0) is 43.4. The predicted octanol–water partition coefficient (Wildman–Crippen LogP) is 15.1. The van der Waals surface area contributed by atoms with Crippen LogP contribution < -0.4 is 14.7 Å². The van der Waals surface area contributed by atoms with Crippen molar-refractivity contribution in [2.75, 3.05) is 28.8 Å². The molecule has 4 atom stereocenters. The molecule has 64 heavy (non-hydrogen) atoms. The fourth-order valence-corrected chi connectivity index (χ4v) is 14.5. The topological polar surface area (TPSA) is 22.9 Å². The molecule has 2 aliphatic heterocycles. The lowest BCUT2D eigenvalue weighted by Crippen LogP contribution is -2.54. The monoisotopic (exact) mass is 835 g/mol. The van der Waals surface area contributed by atoms with Crippen molar-refractivity contribution in [3.05, 3.63) is 185 Å². The number of hydrogen-bond donors (Lipinski definition) is 0. The van der Waals surface area contributed by atoms with E-state index in [4.69, 9.17) is 4.42 Å². The average Bonchev–Trinajstić information content (AvgIpc) is 4.04. The van der Waals surface area contributed by atoms with Crippen molar-refractivity contribution in [3.8, 4) is 11.1 Å². The molecule has 0 spiro atoms. The molecule has 3 heterocycles. The molecule has 4 nitrogen and oxygen atoms in total. The summed E-state index contributed by atoms with van der Waals surface area (Å²) in [6.45, 7) is 10.1. The van der Waals surface area contributed by atoms with Gasteiger partial charge in [-0.15, -0.1) is 0 Å². The van der Waals surface area contributed by atoms with Crippen molar-refractivity contribution in [2.45, 2.75) is 100.0 Å². The SMILES string of the molecule is CN(C)c1ccc2c(c1)oc1c(N3c4ccccc4C4(C)CCCC34C)cc3c(c12)-c1ccc(N2c4ccccc4C4(C)CCCCC24C)cc1C3(c1ccccc1)c1ccccc1. The van der Waals surface area contributed by atoms with Gasteiger partial charge in [-0.05, 0) is 127 Å². The summed E-state index contributed by atoms with van der Waals surface area (Å²) in [4.78, 5) is 7.67. The number of hydrogen-bond acceptors (Lipinski definition) is 4. The molecule has 4 heteroatoms. The van der Waals surface area contributed by atoms with Gasteiger partial charge in [0.05, 0.1) is 22.2 Å². The smallest absolute Gasteiger partial charge is 0.159 e. The highest BCUT2D eigenvalue weighted by atomic mass is 16.3. The van der Waals surface area contributed by atoms with Gasteiger partial charge in [0.15, 0.2) is 5.58 Å². The second kappa shape index (κ2) is 12.9. The third-order valence-electron chi connectivity index (χ3n) is 18.0. The van der Waals surface area contributed by atoms with E-state index >= 15 is 0 Å². The van der Waals surface area contributed by atoms with E-state index in [1.165, 1.54) is 105 Å². The first-order valence-electron chi connectivity index (χ1n) is 23.8. The molecular formula is C60H57N3O. The molecule has 2 saturated carbocycles. The lowest BCUT2D eigenvalue weighted by molar-refractivity contribution is 0.195. The highest BCUT2D eigenvalue weighted by Crippen LogP contribution is 2.67. The van der Waals surface area contributed by atoms with E-state index in [1.807, 2.05) is 0 Å². The van der Waals surface area contributed by atoms with E-state index in [9.17, 15) is 0 Å². The maximum Gasteiger partial charge on any atom is 0.159 e. The van der Waals surface area contributed by atoms with Crippen LogP contribution in [0.4, 0.5) is 28.4 Å². The van der Waals surface area contributed by atoms with Crippen molar-refractivity contribution in [3.63, 3.8) is 0 Å². The number of benzene rings is 7. The van der Waals surface area contributed by atoms with Crippen LogP contribution in [0.3, 0.4) is 0 Å². The van der Waals surface area contributed by atoms with E-state index in [-0.39, 0.29) is 21.9 Å². The lowest BCUT2D eigenvalue weighted by atomic mass is 9.61. The maximum absolute atomic E-state index is 7.40. The number of nitrogens with zero attached hydrogens (tertiary/aromatic N) is 3. The fraction of sp³-hybridized carbons (Fsp3) is 0.300. The summed E-state index contributed by atoms with van der Waals surface area (Å²) >= 11 is 0. The largest absolute Gasteiger partial charge is 0.454 e. The second-order valence-corrected chi connectivity index (χ2v) is 20.9. The molecule has 7 aromatic carbocycles. The Morgan fingerprint density at radius 1 is 0.500 bits per heavy atom. The lowest BCUT2D eigenvalue weighted by Gasteiger charge is -2.50. The van der Waals surface area contributed by atoms with Crippen molar-refractivity contribution < 1.29 is 4.42 Å². The second-order valence-electron chi connectivity index (χ2n) is 20.9. The standard InChI is InChI=1S/C60H57N3O/c1-56-32-17-18-34-58(56,3)62(49-26-15-13-24-45(49)56)42-29-30-43-47(36-42)60(39-20-9-7-10-21-39,40-22-11-8-12-23-40)48-38-51(55-54(53(43)48)44-31-28-41(61(5)6)37-52(44)64-55)63-50-27-16-14-25-46(50)57(2)33-19-35-59(57,63)4/h7-16,20-31,36-38H,17-19,32-35H2,1-6H3. The van der Waals surface area contributed by atoms with Gasteiger partial charge in [-0.1, -0.05) is 136 Å². The van der Waals surface area contributed by atoms with Crippen LogP contribution in [0.1, 0.15) is 106 Å². The Balaban J connectivity index is 1.18. The quantitative estimate of drug-likeness (QED) is 0.172. The van der Waals surface area contributed by atoms with E-state index < -0.39 is 5.41 Å². The molecule has 5 aliphatic rings. The first kappa shape index (κ1) is 38.2. The third kappa shape index (κ3) is 4.50. The van der Waals surface area contributed by atoms with E-state index in [2.05, 4.69) is 208 Å². The van der Waals surface area contributed by atoms with Crippen LogP contribution in [-0.4, -0.2) is 25.2 Å². The molecule has 1 aromatic heterocycles. The van der Waals surface area contributed by atoms with Crippen LogP contribution in [0.5, 0.6) is 0 Å². The molecular weight excluding hydrogens is 779 g/mol. The van der Waals surface area contributed by atoms with Gasteiger partial charge in [-0.2, -0.15) is 0 Å². The first-order valence-corrected chi connectivity index (χ1v) is 23.8. The molecule has 4 unspecified atom stereocenters. The Bertz CT molecular complexity index is 3180. The highest BCUT2D eigenvalue weighted by molar-refractivity contribution is 6.20. The summed E-state index contributed by atoms with van der Waals surface area (Å²) in [7, 11) is 4.24. The van der Waals surface area contributed by atoms with Crippen molar-refractivity contribution in [1.29, 1.82) is 0 Å². The molecule has 318 valence electrons. The molecule has 0 bridgehead atoms. The minimum absolute atomic E-state index is 0.00258. The molecule has 8 aromatic rings. The highest BCUT2D eigenvalue weighted by Gasteiger charge is 2.61. The van der Waals surface area contributed by atoms with Gasteiger partial charge in [-0.25, -0.2) is 0 Å². The Hall–Kier alpha value is -6.26. The number of fused-ring (bicyclic) bond motifs is 13. The Morgan fingerprint density at radius 3 is 1.75 bits per heavy atom. The Morgan fingerprint density at radius 2 is 1.08 bits per heavy atom. The van der Waals surface area contributed by atoms with Crippen molar-refractivity contribution in [2.24, 2.45) is 0 Å². The summed E-state index contributed by atoms with van der Waals surface area (Å²) in [6, 6.07) is 58.3. The van der Waals surface area contributed by atoms with Crippen LogP contribution in [0.2, 0.25) is 0 Å². The van der Waals surface area contributed by atoms with Crippen molar-refractivity contribution in [1.82, 2.24) is 0 Å². The first-order chi connectivity index (χ1) is 31.0. The number of anilines is 5. The minimum atomic E-state index is -0.631. The third-order valence-corrected chi connectivity index (χ3v) is 18.0. The zero-order valence-corrected chi connectivity index (χ0v) is 38.1. The molecule has 0 amide bonds. The van der Waals surface area contributed by atoms with Gasteiger partial charge in [0.2, 0.25) is 0 Å². The van der Waals surface area contributed by atoms with Gasteiger partial charge < -0.3 is 19.1 Å². The van der Waals surface area contributed by atoms with Gasteiger partial charge in [0, 0.05) is 64.5 Å². The molecule has 2 fully saturated rings. The van der Waals surface area contributed by atoms with E-state index in [1.54, 1.807) is 0 Å². The van der Waals surface area contributed by atoms with E-state index in [0.29, 0.717) is 0 Å². The Kier molecular flexibility index (Phi) is 7.72. The molecule has 0 radical (unpaired) electrons. The number of rotatable bonds is 5. The van der Waals surface area contributed by atoms with Gasteiger partial charge in [0.1, 0.15) is 5.58 Å². The van der Waals surface area contributed by atoms with Gasteiger partial charge in [-0.3, -0.25) is 0 Å². The average molecular weight is 836 g/mol. The number of para-hydroxylation sites is 2. The van der Waals surface area contributed by atoms with Gasteiger partial charge in [0.25, 0.3) is 0 Å². The van der Waals surface area contributed by atoms with E-state index in [0.717, 1.165) is 35.1 Å². The normalized spacial score (nSPS) is 25.8. The Labute approximate surface area is 378 Å².